The van der Waals surface area contributed by atoms with E-state index in [1.807, 2.05) is 32.3 Å². The van der Waals surface area contributed by atoms with Crippen molar-refractivity contribution in [3.8, 4) is 11.4 Å². The second-order valence-electron chi connectivity index (χ2n) is 9.85. The van der Waals surface area contributed by atoms with Crippen molar-refractivity contribution in [2.75, 3.05) is 19.3 Å². The Morgan fingerprint density at radius 3 is 2.34 bits per heavy atom. The van der Waals surface area contributed by atoms with E-state index in [2.05, 4.69) is 45.6 Å². The molecule has 1 aliphatic heterocycles. The lowest BCUT2D eigenvalue weighted by Crippen LogP contribution is -2.32. The van der Waals surface area contributed by atoms with Crippen LogP contribution in [0.1, 0.15) is 41.1 Å². The molecule has 0 amide bonds. The smallest absolute Gasteiger partial charge is 0.175 e. The van der Waals surface area contributed by atoms with Crippen LogP contribution in [0.25, 0.3) is 22.4 Å². The minimum absolute atomic E-state index is 0.323. The third-order valence-corrected chi connectivity index (χ3v) is 8.31. The minimum atomic E-state index is -3.22. The number of piperidine rings is 1. The zero-order valence-corrected chi connectivity index (χ0v) is 21.6. The molecule has 0 saturated carbocycles. The van der Waals surface area contributed by atoms with E-state index in [-0.39, 0.29) is 0 Å². The number of pyridine rings is 1. The highest BCUT2D eigenvalue weighted by Crippen LogP contribution is 2.34. The van der Waals surface area contributed by atoms with E-state index in [0.29, 0.717) is 10.8 Å². The van der Waals surface area contributed by atoms with Crippen molar-refractivity contribution in [1.82, 2.24) is 19.4 Å². The molecule has 7 heteroatoms. The SMILES string of the molecule is Cc1ccc(CN2CCC(c3cc(C)c4nc(-c5ccc(S(C)(=O)=O)cc5)n(C)c4c3)CC2)cn1. The predicted molar refractivity (Wildman–Crippen MR) is 140 cm³/mol. The molecule has 0 spiro atoms. The molecular formula is C28H32N4O2S. The molecule has 0 N–H and O–H groups in total. The number of likely N-dealkylation sites (tertiary alicyclic amines) is 1. The van der Waals surface area contributed by atoms with Crippen molar-refractivity contribution < 1.29 is 8.42 Å². The van der Waals surface area contributed by atoms with Gasteiger partial charge in [-0.25, -0.2) is 13.4 Å². The van der Waals surface area contributed by atoms with Crippen LogP contribution in [0.15, 0.2) is 59.6 Å². The summed E-state index contributed by atoms with van der Waals surface area (Å²) in [5.41, 5.74) is 7.93. The molecule has 5 rings (SSSR count). The van der Waals surface area contributed by atoms with E-state index in [1.54, 1.807) is 12.1 Å². The second-order valence-corrected chi connectivity index (χ2v) is 11.9. The Kier molecular flexibility index (Phi) is 6.23. The molecule has 0 aliphatic carbocycles. The van der Waals surface area contributed by atoms with Crippen LogP contribution in [0.3, 0.4) is 0 Å². The van der Waals surface area contributed by atoms with Crippen molar-refractivity contribution >= 4 is 20.9 Å². The number of rotatable bonds is 5. The molecule has 0 radical (unpaired) electrons. The van der Waals surface area contributed by atoms with Gasteiger partial charge >= 0.3 is 0 Å². The fourth-order valence-corrected chi connectivity index (χ4v) is 5.73. The quantitative estimate of drug-likeness (QED) is 0.394. The maximum Gasteiger partial charge on any atom is 0.175 e. The van der Waals surface area contributed by atoms with Crippen molar-refractivity contribution in [2.24, 2.45) is 7.05 Å². The normalized spacial score (nSPS) is 15.7. The highest BCUT2D eigenvalue weighted by atomic mass is 32.2. The van der Waals surface area contributed by atoms with Gasteiger partial charge in [-0.3, -0.25) is 9.88 Å². The van der Waals surface area contributed by atoms with E-state index in [0.717, 1.165) is 60.6 Å². The van der Waals surface area contributed by atoms with Crippen molar-refractivity contribution in [3.63, 3.8) is 0 Å². The lowest BCUT2D eigenvalue weighted by atomic mass is 9.88. The zero-order valence-electron chi connectivity index (χ0n) is 20.8. The number of aryl methyl sites for hydroxylation is 3. The monoisotopic (exact) mass is 488 g/mol. The lowest BCUT2D eigenvalue weighted by molar-refractivity contribution is 0.204. The number of aromatic nitrogens is 3. The third-order valence-electron chi connectivity index (χ3n) is 7.18. The number of sulfone groups is 1. The van der Waals surface area contributed by atoms with Crippen LogP contribution >= 0.6 is 0 Å². The van der Waals surface area contributed by atoms with Gasteiger partial charge in [-0.2, -0.15) is 0 Å². The topological polar surface area (TPSA) is 68.1 Å². The third kappa shape index (κ3) is 4.88. The molecule has 1 saturated heterocycles. The van der Waals surface area contributed by atoms with Crippen LogP contribution in [-0.2, 0) is 23.4 Å². The summed E-state index contributed by atoms with van der Waals surface area (Å²) >= 11 is 0. The molecule has 0 bridgehead atoms. The largest absolute Gasteiger partial charge is 0.327 e. The molecule has 6 nitrogen and oxygen atoms in total. The second kappa shape index (κ2) is 9.21. The van der Waals surface area contributed by atoms with Gasteiger partial charge in [-0.1, -0.05) is 12.1 Å². The van der Waals surface area contributed by atoms with Gasteiger partial charge in [0, 0.05) is 37.3 Å². The first kappa shape index (κ1) is 23.7. The average Bonchev–Trinajstić information content (AvgIpc) is 3.17. The molecule has 182 valence electrons. The number of fused-ring (bicyclic) bond motifs is 1. The number of hydrogen-bond donors (Lipinski definition) is 0. The molecule has 2 aromatic carbocycles. The molecule has 2 aromatic heterocycles. The highest BCUT2D eigenvalue weighted by Gasteiger charge is 2.23. The van der Waals surface area contributed by atoms with Gasteiger partial charge in [0.05, 0.1) is 15.9 Å². The Labute approximate surface area is 207 Å². The summed E-state index contributed by atoms with van der Waals surface area (Å²) in [4.78, 5) is 12.2. The fourth-order valence-electron chi connectivity index (χ4n) is 5.10. The van der Waals surface area contributed by atoms with E-state index in [1.165, 1.54) is 22.9 Å². The molecule has 0 atom stereocenters. The van der Waals surface area contributed by atoms with Crippen molar-refractivity contribution in [3.05, 3.63) is 77.1 Å². The summed E-state index contributed by atoms with van der Waals surface area (Å²) in [6.07, 6.45) is 5.50. The molecular weight excluding hydrogens is 456 g/mol. The van der Waals surface area contributed by atoms with Crippen molar-refractivity contribution in [2.45, 2.75) is 44.0 Å². The molecule has 35 heavy (non-hydrogen) atoms. The van der Waals surface area contributed by atoms with Crippen LogP contribution in [0.5, 0.6) is 0 Å². The molecule has 4 aromatic rings. The average molecular weight is 489 g/mol. The van der Waals surface area contributed by atoms with E-state index < -0.39 is 9.84 Å². The maximum absolute atomic E-state index is 11.8. The Bertz CT molecular complexity index is 1460. The Morgan fingerprint density at radius 2 is 1.71 bits per heavy atom. The summed E-state index contributed by atoms with van der Waals surface area (Å²) in [7, 11) is -1.18. The summed E-state index contributed by atoms with van der Waals surface area (Å²) in [5, 5.41) is 0. The first-order valence-corrected chi connectivity index (χ1v) is 14.0. The summed E-state index contributed by atoms with van der Waals surface area (Å²) in [5.74, 6) is 1.39. The highest BCUT2D eigenvalue weighted by molar-refractivity contribution is 7.90. The number of benzene rings is 2. The Morgan fingerprint density at radius 1 is 1.00 bits per heavy atom. The number of hydrogen-bond acceptors (Lipinski definition) is 5. The van der Waals surface area contributed by atoms with E-state index in [4.69, 9.17) is 4.98 Å². The number of nitrogens with zero attached hydrogens (tertiary/aromatic N) is 4. The van der Waals surface area contributed by atoms with Crippen LogP contribution in [0.4, 0.5) is 0 Å². The minimum Gasteiger partial charge on any atom is -0.327 e. The maximum atomic E-state index is 11.8. The fraction of sp³-hybridized carbons (Fsp3) is 0.357. The first-order valence-electron chi connectivity index (χ1n) is 12.1. The molecule has 1 aliphatic rings. The molecule has 3 heterocycles. The number of imidazole rings is 1. The first-order chi connectivity index (χ1) is 16.7. The predicted octanol–water partition coefficient (Wildman–Crippen LogP) is 5.04. The van der Waals surface area contributed by atoms with Gasteiger partial charge in [0.1, 0.15) is 5.82 Å². The van der Waals surface area contributed by atoms with E-state index in [9.17, 15) is 8.42 Å². The van der Waals surface area contributed by atoms with Crippen LogP contribution < -0.4 is 0 Å². The van der Waals surface area contributed by atoms with Gasteiger partial charge in [0.25, 0.3) is 0 Å². The van der Waals surface area contributed by atoms with Crippen molar-refractivity contribution in [1.29, 1.82) is 0 Å². The van der Waals surface area contributed by atoms with Crippen LogP contribution in [0, 0.1) is 13.8 Å². The zero-order chi connectivity index (χ0) is 24.7. The Hall–Kier alpha value is -3.03. The molecule has 1 fully saturated rings. The van der Waals surface area contributed by atoms with Crippen LogP contribution in [0.2, 0.25) is 0 Å². The van der Waals surface area contributed by atoms with Gasteiger partial charge in [0.15, 0.2) is 9.84 Å². The van der Waals surface area contributed by atoms with E-state index >= 15 is 0 Å². The van der Waals surface area contributed by atoms with Gasteiger partial charge in [-0.05, 0) is 98.8 Å². The van der Waals surface area contributed by atoms with Gasteiger partial charge < -0.3 is 4.57 Å². The standard InChI is InChI=1S/C28H32N4O2S/c1-19-15-24(22-11-13-32(14-12-22)18-21-6-5-20(2)29-17-21)16-26-27(19)30-28(31(26)3)23-7-9-25(10-8-23)35(4,33)34/h5-10,15-17,22H,11-14,18H2,1-4H3. The summed E-state index contributed by atoms with van der Waals surface area (Å²) in [6.45, 7) is 7.28. The molecule has 0 unspecified atom stereocenters. The van der Waals surface area contributed by atoms with Crippen LogP contribution in [-0.4, -0.2) is 47.2 Å². The summed E-state index contributed by atoms with van der Waals surface area (Å²) in [6, 6.07) is 15.9. The van der Waals surface area contributed by atoms with Gasteiger partial charge in [0.2, 0.25) is 0 Å². The van der Waals surface area contributed by atoms with Gasteiger partial charge in [-0.15, -0.1) is 0 Å². The summed E-state index contributed by atoms with van der Waals surface area (Å²) < 4.78 is 25.8. The lowest BCUT2D eigenvalue weighted by Gasteiger charge is -2.32. The Balaban J connectivity index is 1.36.